The molecule has 0 radical (unpaired) electrons. The van der Waals surface area contributed by atoms with E-state index in [-0.39, 0.29) is 0 Å². The molecule has 0 atom stereocenters. The molecule has 0 aliphatic carbocycles. The van der Waals surface area contributed by atoms with Gasteiger partial charge in [-0.3, -0.25) is 0 Å². The van der Waals surface area contributed by atoms with Crippen molar-refractivity contribution >= 4 is 44.6 Å². The number of fused-ring (bicyclic) bond motifs is 1. The molecular formula is C17H13ClS. The lowest BCUT2D eigenvalue weighted by Crippen LogP contribution is -2.18. The maximum Gasteiger partial charge on any atom is 0.0659 e. The first-order valence-corrected chi connectivity index (χ1v) is 7.30. The average Bonchev–Trinajstić information content (AvgIpc) is 2.77. The number of rotatable bonds is 1. The van der Waals surface area contributed by atoms with E-state index in [1.165, 1.54) is 15.6 Å². The summed E-state index contributed by atoms with van der Waals surface area (Å²) in [7, 11) is 0. The average molecular weight is 285 g/mol. The minimum absolute atomic E-state index is 0.796. The Labute approximate surface area is 121 Å². The van der Waals surface area contributed by atoms with Crippen molar-refractivity contribution in [3.8, 4) is 0 Å². The van der Waals surface area contributed by atoms with Gasteiger partial charge >= 0.3 is 0 Å². The largest absolute Gasteiger partial charge is 0.134 e. The zero-order valence-corrected chi connectivity index (χ0v) is 12.2. The third-order valence-corrected chi connectivity index (χ3v) is 5.01. The maximum atomic E-state index is 6.60. The molecule has 0 spiro atoms. The van der Waals surface area contributed by atoms with Crippen LogP contribution < -0.4 is 9.75 Å². The lowest BCUT2D eigenvalue weighted by atomic mass is 10.1. The smallest absolute Gasteiger partial charge is 0.0659 e. The van der Waals surface area contributed by atoms with E-state index in [2.05, 4.69) is 37.8 Å². The number of hydrogen-bond acceptors (Lipinski definition) is 1. The second-order valence-corrected chi connectivity index (χ2v) is 5.96. The van der Waals surface area contributed by atoms with Gasteiger partial charge in [0, 0.05) is 4.70 Å². The number of aryl methyl sites for hydroxylation is 1. The summed E-state index contributed by atoms with van der Waals surface area (Å²) in [5.41, 5.74) is 2.27. The summed E-state index contributed by atoms with van der Waals surface area (Å²) in [6, 6.07) is 16.5. The third-order valence-electron chi connectivity index (χ3n) is 3.28. The molecule has 0 unspecified atom stereocenters. The Morgan fingerprint density at radius 3 is 2.47 bits per heavy atom. The molecule has 0 nitrogen and oxygen atoms in total. The molecule has 0 aliphatic heterocycles. The first-order valence-electron chi connectivity index (χ1n) is 6.11. The highest BCUT2D eigenvalue weighted by Crippen LogP contribution is 2.21. The molecule has 19 heavy (non-hydrogen) atoms. The van der Waals surface area contributed by atoms with E-state index in [1.807, 2.05) is 24.3 Å². The topological polar surface area (TPSA) is 0 Å². The van der Waals surface area contributed by atoms with E-state index in [9.17, 15) is 0 Å². The van der Waals surface area contributed by atoms with Gasteiger partial charge in [0.2, 0.25) is 0 Å². The van der Waals surface area contributed by atoms with Gasteiger partial charge in [-0.2, -0.15) is 0 Å². The Kier molecular flexibility index (Phi) is 3.17. The summed E-state index contributed by atoms with van der Waals surface area (Å²) in [6.07, 6.45) is 0. The Morgan fingerprint density at radius 1 is 1.05 bits per heavy atom. The highest BCUT2D eigenvalue weighted by molar-refractivity contribution is 7.17. The van der Waals surface area contributed by atoms with Crippen molar-refractivity contribution in [2.24, 2.45) is 0 Å². The van der Waals surface area contributed by atoms with E-state index in [1.54, 1.807) is 11.3 Å². The molecule has 2 aromatic carbocycles. The molecule has 1 heterocycles. The van der Waals surface area contributed by atoms with E-state index in [4.69, 9.17) is 11.6 Å². The predicted octanol–water partition coefficient (Wildman–Crippen LogP) is 4.02. The summed E-state index contributed by atoms with van der Waals surface area (Å²) in [5, 5.41) is 3.01. The first-order chi connectivity index (χ1) is 9.18. The normalized spacial score (nSPS) is 12.7. The Hall–Kier alpha value is -1.57. The van der Waals surface area contributed by atoms with Crippen molar-refractivity contribution in [1.82, 2.24) is 0 Å². The first kappa shape index (κ1) is 12.5. The fourth-order valence-corrected chi connectivity index (χ4v) is 3.76. The van der Waals surface area contributed by atoms with E-state index >= 15 is 0 Å². The van der Waals surface area contributed by atoms with Crippen LogP contribution in [0.25, 0.3) is 21.7 Å². The molecule has 3 aromatic rings. The molecule has 2 heteroatoms. The van der Waals surface area contributed by atoms with Gasteiger partial charge in [0.05, 0.1) is 9.56 Å². The van der Waals surface area contributed by atoms with Crippen molar-refractivity contribution in [2.75, 3.05) is 0 Å². The van der Waals surface area contributed by atoms with Crippen LogP contribution in [-0.2, 0) is 0 Å². The number of halogens is 1. The minimum Gasteiger partial charge on any atom is -0.134 e. The van der Waals surface area contributed by atoms with Crippen molar-refractivity contribution in [3.05, 3.63) is 69.4 Å². The molecule has 0 fully saturated rings. The fourth-order valence-electron chi connectivity index (χ4n) is 2.22. The number of thiophene rings is 1. The van der Waals surface area contributed by atoms with Gasteiger partial charge in [0.1, 0.15) is 0 Å². The summed E-state index contributed by atoms with van der Waals surface area (Å²) in [4.78, 5) is 0. The van der Waals surface area contributed by atoms with Crippen molar-refractivity contribution in [1.29, 1.82) is 0 Å². The zero-order valence-electron chi connectivity index (χ0n) is 10.6. The minimum atomic E-state index is 0.796. The van der Waals surface area contributed by atoms with Gasteiger partial charge in [-0.25, -0.2) is 0 Å². The van der Waals surface area contributed by atoms with Crippen LogP contribution in [0, 0.1) is 6.92 Å². The van der Waals surface area contributed by atoms with E-state index in [0.717, 1.165) is 20.3 Å². The van der Waals surface area contributed by atoms with E-state index < -0.39 is 0 Å². The van der Waals surface area contributed by atoms with Gasteiger partial charge in [0.25, 0.3) is 0 Å². The molecule has 0 saturated heterocycles. The van der Waals surface area contributed by atoms with Crippen LogP contribution >= 0.6 is 22.9 Å². The monoisotopic (exact) mass is 284 g/mol. The summed E-state index contributed by atoms with van der Waals surface area (Å²) >= 11 is 8.30. The second-order valence-electron chi connectivity index (χ2n) is 4.53. The quantitative estimate of drug-likeness (QED) is 0.633. The van der Waals surface area contributed by atoms with Crippen LogP contribution in [0.3, 0.4) is 0 Å². The van der Waals surface area contributed by atoms with Crippen LogP contribution in [0.1, 0.15) is 11.1 Å². The third kappa shape index (κ3) is 2.09. The Morgan fingerprint density at radius 2 is 1.74 bits per heavy atom. The van der Waals surface area contributed by atoms with Crippen LogP contribution in [0.15, 0.2) is 48.5 Å². The van der Waals surface area contributed by atoms with Gasteiger partial charge < -0.3 is 0 Å². The lowest BCUT2D eigenvalue weighted by molar-refractivity contribution is 1.43. The number of hydrogen-bond donors (Lipinski definition) is 0. The summed E-state index contributed by atoms with van der Waals surface area (Å²) in [6.45, 7) is 6.27. The van der Waals surface area contributed by atoms with Gasteiger partial charge in [-0.05, 0) is 34.7 Å². The van der Waals surface area contributed by atoms with Crippen molar-refractivity contribution in [2.45, 2.75) is 6.92 Å². The van der Waals surface area contributed by atoms with Gasteiger partial charge in [-0.1, -0.05) is 60.6 Å². The van der Waals surface area contributed by atoms with Gasteiger partial charge in [-0.15, -0.1) is 11.3 Å². The van der Waals surface area contributed by atoms with Crippen LogP contribution in [0.5, 0.6) is 0 Å². The van der Waals surface area contributed by atoms with E-state index in [0.29, 0.717) is 0 Å². The standard InChI is InChI=1S/C17H13ClS/c1-11-7-3-4-8-13(11)16(18)17-12(2)14-9-5-6-10-15(14)19-17/h3-10H,2H2,1H3/b17-16-. The van der Waals surface area contributed by atoms with Crippen LogP contribution in [-0.4, -0.2) is 0 Å². The molecule has 0 amide bonds. The highest BCUT2D eigenvalue weighted by atomic mass is 35.5. The van der Waals surface area contributed by atoms with Crippen molar-refractivity contribution in [3.63, 3.8) is 0 Å². The Bertz CT molecular complexity index is 858. The summed E-state index contributed by atoms with van der Waals surface area (Å²) < 4.78 is 2.30. The van der Waals surface area contributed by atoms with Crippen LogP contribution in [0.2, 0.25) is 0 Å². The summed E-state index contributed by atoms with van der Waals surface area (Å²) in [5.74, 6) is 0. The SMILES string of the molecule is C=c1/c(=C(/Cl)c2ccccc2C)sc2ccccc12. The zero-order chi connectivity index (χ0) is 13.4. The molecule has 0 N–H and O–H groups in total. The van der Waals surface area contributed by atoms with Crippen molar-refractivity contribution < 1.29 is 0 Å². The maximum absolute atomic E-state index is 6.60. The molecular weight excluding hydrogens is 272 g/mol. The lowest BCUT2D eigenvalue weighted by Gasteiger charge is -2.02. The molecule has 0 aliphatic rings. The molecule has 1 aromatic heterocycles. The molecule has 0 bridgehead atoms. The second kappa shape index (κ2) is 4.84. The Balaban J connectivity index is 2.40. The predicted molar refractivity (Wildman–Crippen MR) is 86.1 cm³/mol. The molecule has 94 valence electrons. The molecule has 3 rings (SSSR count). The van der Waals surface area contributed by atoms with Crippen LogP contribution in [0.4, 0.5) is 0 Å². The fraction of sp³-hybridized carbons (Fsp3) is 0.0588. The number of benzene rings is 2. The molecule has 0 saturated carbocycles. The highest BCUT2D eigenvalue weighted by Gasteiger charge is 2.06. The van der Waals surface area contributed by atoms with Gasteiger partial charge in [0.15, 0.2) is 0 Å².